The molecule has 0 radical (unpaired) electrons. The highest BCUT2D eigenvalue weighted by Gasteiger charge is 2.26. The van der Waals surface area contributed by atoms with E-state index in [4.69, 9.17) is 4.42 Å². The molecule has 9 aromatic carbocycles. The van der Waals surface area contributed by atoms with E-state index in [1.807, 2.05) is 6.07 Å². The summed E-state index contributed by atoms with van der Waals surface area (Å²) < 4.78 is 6.46. The van der Waals surface area contributed by atoms with Crippen molar-refractivity contribution in [3.05, 3.63) is 199 Å². The average Bonchev–Trinajstić information content (AvgIpc) is 3.66. The van der Waals surface area contributed by atoms with E-state index in [-0.39, 0.29) is 10.8 Å². The summed E-state index contributed by atoms with van der Waals surface area (Å²) in [6.07, 6.45) is 0. The lowest BCUT2D eigenvalue weighted by molar-refractivity contribution is 0.569. The van der Waals surface area contributed by atoms with Gasteiger partial charge in [0.15, 0.2) is 0 Å². The van der Waals surface area contributed by atoms with Gasteiger partial charge in [0.05, 0.1) is 11.4 Å². The van der Waals surface area contributed by atoms with Crippen LogP contribution in [0.25, 0.3) is 76.9 Å². The molecule has 298 valence electrons. The number of para-hydroxylation sites is 3. The van der Waals surface area contributed by atoms with Crippen molar-refractivity contribution in [2.24, 2.45) is 0 Å². The number of furan rings is 1. The van der Waals surface area contributed by atoms with Gasteiger partial charge in [-0.15, -0.1) is 0 Å². The maximum Gasteiger partial charge on any atom is 0.135 e. The number of hydrogen-bond acceptors (Lipinski definition) is 2. The number of benzene rings is 9. The summed E-state index contributed by atoms with van der Waals surface area (Å²) in [6, 6.07) is 66.9. The Kier molecular flexibility index (Phi) is 9.22. The average molecular weight is 790 g/mol. The zero-order valence-corrected chi connectivity index (χ0v) is 36.2. The van der Waals surface area contributed by atoms with Gasteiger partial charge in [-0.05, 0) is 109 Å². The highest BCUT2D eigenvalue weighted by atomic mass is 16.3. The predicted molar refractivity (Wildman–Crippen MR) is 262 cm³/mol. The van der Waals surface area contributed by atoms with Crippen LogP contribution in [0.15, 0.2) is 186 Å². The highest BCUT2D eigenvalue weighted by molar-refractivity contribution is 6.12. The zero-order chi connectivity index (χ0) is 42.0. The molecule has 0 bridgehead atoms. The Hall–Kier alpha value is -6.90. The molecule has 10 rings (SSSR count). The molecule has 0 atom stereocenters. The Bertz CT molecular complexity index is 3250. The van der Waals surface area contributed by atoms with Crippen LogP contribution < -0.4 is 4.90 Å². The summed E-state index contributed by atoms with van der Waals surface area (Å²) in [4.78, 5) is 2.50. The highest BCUT2D eigenvalue weighted by Crippen LogP contribution is 2.50. The van der Waals surface area contributed by atoms with Crippen LogP contribution in [0, 0.1) is 6.92 Å². The van der Waals surface area contributed by atoms with Crippen LogP contribution in [0.5, 0.6) is 0 Å². The van der Waals surface area contributed by atoms with Crippen LogP contribution in [0.3, 0.4) is 0 Å². The quantitative estimate of drug-likeness (QED) is 0.167. The van der Waals surface area contributed by atoms with Gasteiger partial charge < -0.3 is 9.32 Å². The Labute approximate surface area is 359 Å². The van der Waals surface area contributed by atoms with Gasteiger partial charge in [-0.25, -0.2) is 0 Å². The minimum atomic E-state index is -0.00668. The van der Waals surface area contributed by atoms with E-state index >= 15 is 0 Å². The van der Waals surface area contributed by atoms with Gasteiger partial charge in [0.2, 0.25) is 0 Å². The first-order valence-corrected chi connectivity index (χ1v) is 21.5. The number of fused-ring (bicyclic) bond motifs is 5. The number of hydrogen-bond donors (Lipinski definition) is 0. The van der Waals surface area contributed by atoms with E-state index in [0.717, 1.165) is 55.7 Å². The van der Waals surface area contributed by atoms with Gasteiger partial charge >= 0.3 is 0 Å². The smallest absolute Gasteiger partial charge is 0.135 e. The number of aryl methyl sites for hydroxylation is 1. The second-order valence-corrected chi connectivity index (χ2v) is 18.6. The molecular weight excluding hydrogens is 739 g/mol. The summed E-state index contributed by atoms with van der Waals surface area (Å²) in [7, 11) is 0. The molecule has 0 amide bonds. The van der Waals surface area contributed by atoms with E-state index in [0.29, 0.717) is 0 Å². The molecule has 0 fully saturated rings. The third kappa shape index (κ3) is 6.68. The normalized spacial score (nSPS) is 12.2. The van der Waals surface area contributed by atoms with E-state index in [9.17, 15) is 0 Å². The van der Waals surface area contributed by atoms with Gasteiger partial charge in [-0.1, -0.05) is 193 Å². The van der Waals surface area contributed by atoms with Crippen molar-refractivity contribution in [3.8, 4) is 33.4 Å². The Balaban J connectivity index is 1.28. The summed E-state index contributed by atoms with van der Waals surface area (Å²) >= 11 is 0. The molecule has 0 spiro atoms. The zero-order valence-electron chi connectivity index (χ0n) is 36.2. The van der Waals surface area contributed by atoms with Crippen LogP contribution in [0.2, 0.25) is 0 Å². The number of anilines is 3. The maximum absolute atomic E-state index is 6.46. The monoisotopic (exact) mass is 789 g/mol. The lowest BCUT2D eigenvalue weighted by Crippen LogP contribution is -2.16. The van der Waals surface area contributed by atoms with Crippen LogP contribution in [-0.2, 0) is 10.8 Å². The van der Waals surface area contributed by atoms with Crippen molar-refractivity contribution in [1.29, 1.82) is 0 Å². The summed E-state index contributed by atoms with van der Waals surface area (Å²) in [5.74, 6) is 0. The molecule has 2 heteroatoms. The summed E-state index contributed by atoms with van der Waals surface area (Å²) in [6.45, 7) is 16.2. The van der Waals surface area contributed by atoms with E-state index < -0.39 is 0 Å². The van der Waals surface area contributed by atoms with E-state index in [2.05, 4.69) is 229 Å². The topological polar surface area (TPSA) is 16.4 Å². The molecule has 0 saturated carbocycles. The van der Waals surface area contributed by atoms with Gasteiger partial charge in [-0.2, -0.15) is 0 Å². The Morgan fingerprint density at radius 2 is 0.885 bits per heavy atom. The van der Waals surface area contributed by atoms with Crippen molar-refractivity contribution in [2.45, 2.75) is 59.3 Å². The molecule has 0 aliphatic carbocycles. The van der Waals surface area contributed by atoms with Crippen molar-refractivity contribution in [3.63, 3.8) is 0 Å². The second kappa shape index (κ2) is 14.7. The largest absolute Gasteiger partial charge is 0.456 e. The fourth-order valence-corrected chi connectivity index (χ4v) is 9.32. The van der Waals surface area contributed by atoms with Gasteiger partial charge in [0.25, 0.3) is 0 Å². The minimum absolute atomic E-state index is 0.00668. The first-order chi connectivity index (χ1) is 29.5. The third-order valence-corrected chi connectivity index (χ3v) is 12.6. The third-order valence-electron chi connectivity index (χ3n) is 12.6. The van der Waals surface area contributed by atoms with E-state index in [1.54, 1.807) is 0 Å². The van der Waals surface area contributed by atoms with Crippen LogP contribution in [0.4, 0.5) is 17.1 Å². The minimum Gasteiger partial charge on any atom is -0.456 e. The molecule has 61 heavy (non-hydrogen) atoms. The molecule has 0 aliphatic heterocycles. The fourth-order valence-electron chi connectivity index (χ4n) is 9.32. The fraction of sp³-hybridized carbons (Fsp3) is 0.153. The first kappa shape index (κ1) is 38.3. The van der Waals surface area contributed by atoms with Crippen molar-refractivity contribution in [1.82, 2.24) is 0 Å². The SMILES string of the molecule is Cc1c(N(c2ccccc2-c2cccc3ccccc23)c2ccccc2-c2cccc3cccc(-c4cc(C(C)(C)C)cc(C(C)(C)C)c4)c23)ccc2oc3ccccc3c12. The molecule has 1 aromatic heterocycles. The summed E-state index contributed by atoms with van der Waals surface area (Å²) in [5, 5.41) is 7.17. The van der Waals surface area contributed by atoms with Crippen LogP contribution in [-0.4, -0.2) is 0 Å². The molecule has 0 N–H and O–H groups in total. The van der Waals surface area contributed by atoms with E-state index in [1.165, 1.54) is 54.9 Å². The number of nitrogens with zero attached hydrogens (tertiary/aromatic N) is 1. The maximum atomic E-state index is 6.46. The van der Waals surface area contributed by atoms with Crippen LogP contribution >= 0.6 is 0 Å². The molecule has 1 heterocycles. The lowest BCUT2D eigenvalue weighted by atomic mass is 9.78. The van der Waals surface area contributed by atoms with Crippen molar-refractivity contribution < 1.29 is 4.42 Å². The van der Waals surface area contributed by atoms with Gasteiger partial charge in [0.1, 0.15) is 11.2 Å². The molecule has 10 aromatic rings. The Morgan fingerprint density at radius 1 is 0.377 bits per heavy atom. The van der Waals surface area contributed by atoms with Crippen molar-refractivity contribution >= 4 is 60.5 Å². The van der Waals surface area contributed by atoms with Gasteiger partial charge in [0, 0.05) is 27.6 Å². The van der Waals surface area contributed by atoms with Crippen molar-refractivity contribution in [2.75, 3.05) is 4.90 Å². The lowest BCUT2D eigenvalue weighted by Gasteiger charge is -2.31. The molecule has 0 saturated heterocycles. The van der Waals surface area contributed by atoms with Crippen LogP contribution in [0.1, 0.15) is 58.2 Å². The molecular formula is C59H51NO. The number of rotatable bonds is 6. The second-order valence-electron chi connectivity index (χ2n) is 18.6. The Morgan fingerprint density at radius 3 is 1.56 bits per heavy atom. The predicted octanol–water partition coefficient (Wildman–Crippen LogP) is 17.3. The van der Waals surface area contributed by atoms with Gasteiger partial charge in [-0.3, -0.25) is 0 Å². The summed E-state index contributed by atoms with van der Waals surface area (Å²) in [5.41, 5.74) is 16.2. The molecule has 0 aliphatic rings. The molecule has 2 nitrogen and oxygen atoms in total. The molecule has 0 unspecified atom stereocenters. The first-order valence-electron chi connectivity index (χ1n) is 21.5. The standard InChI is InChI=1S/C59H51NO/c1-38-51(33-34-55-56(38)50-26-12-15-32-54(50)61-55)60(52-30-13-10-24-47(52)46-28-16-20-39-19-8-9-23-44(39)46)53-31-14-11-25-48(53)49-29-18-22-40-21-17-27-45(57(40)49)41-35-42(58(2,3)4)37-43(36-41)59(5,6)7/h8-37H,1-7H3.